The van der Waals surface area contributed by atoms with Gasteiger partial charge in [0, 0.05) is 114 Å². The molecule has 7 aliphatic rings. The Balaban J connectivity index is 0.000000108. The van der Waals surface area contributed by atoms with Gasteiger partial charge in [-0.15, -0.1) is 0 Å². The van der Waals surface area contributed by atoms with Gasteiger partial charge in [-0.25, -0.2) is 0 Å². The molecule has 0 saturated carbocycles. The molecule has 10 rings (SSSR count). The highest BCUT2D eigenvalue weighted by molar-refractivity contribution is 5.74. The van der Waals surface area contributed by atoms with Crippen LogP contribution in [-0.4, -0.2) is 76.4 Å². The van der Waals surface area contributed by atoms with Crippen molar-refractivity contribution in [3.05, 3.63) is 114 Å². The van der Waals surface area contributed by atoms with Gasteiger partial charge in [-0.05, 0) is 34.4 Å². The van der Waals surface area contributed by atoms with Crippen LogP contribution >= 0.6 is 0 Å². The molecule has 0 aliphatic carbocycles. The summed E-state index contributed by atoms with van der Waals surface area (Å²) in [4.78, 5) is 22.3. The van der Waals surface area contributed by atoms with E-state index < -0.39 is 0 Å². The average molecular weight is 605 g/mol. The molecule has 7 aliphatic heterocycles. The molecule has 0 fully saturated rings. The largest absolute Gasteiger partial charge is 0.358 e. The quantitative estimate of drug-likeness (QED) is 0.461. The molecule has 45 heavy (non-hydrogen) atoms. The molecule has 1 aromatic carbocycles. The second-order valence-electron chi connectivity index (χ2n) is 12.3. The Morgan fingerprint density at radius 1 is 0.711 bits per heavy atom. The minimum absolute atomic E-state index is 0. The number of hydrogen-bond acceptors (Lipinski definition) is 10. The van der Waals surface area contributed by atoms with Gasteiger partial charge in [-0.3, -0.25) is 9.97 Å². The molecule has 3 unspecified atom stereocenters. The van der Waals surface area contributed by atoms with Crippen LogP contribution in [0, 0.1) is 0 Å². The lowest BCUT2D eigenvalue weighted by atomic mass is 10.1. The Labute approximate surface area is 266 Å². The van der Waals surface area contributed by atoms with Crippen LogP contribution in [0.4, 0.5) is 17.1 Å². The third-order valence-electron chi connectivity index (χ3n) is 9.81. The summed E-state index contributed by atoms with van der Waals surface area (Å²) < 4.78 is 0. The van der Waals surface area contributed by atoms with Crippen molar-refractivity contribution in [3.63, 3.8) is 0 Å². The summed E-state index contributed by atoms with van der Waals surface area (Å²) in [5.74, 6) is 0. The third-order valence-corrected chi connectivity index (χ3v) is 9.81. The maximum atomic E-state index is 5.67. The van der Waals surface area contributed by atoms with Crippen molar-refractivity contribution in [2.45, 2.75) is 51.6 Å². The smallest absolute Gasteiger partial charge is 0.110 e. The van der Waals surface area contributed by atoms with Crippen molar-refractivity contribution in [1.82, 2.24) is 24.7 Å². The number of pyridine rings is 2. The van der Waals surface area contributed by atoms with E-state index in [0.717, 1.165) is 45.3 Å². The predicted octanol–water partition coefficient (Wildman–Crippen LogP) is 3.39. The number of rotatable bonds is 4. The lowest BCUT2D eigenvalue weighted by Crippen LogP contribution is -2.39. The Bertz CT molecular complexity index is 1650. The van der Waals surface area contributed by atoms with Gasteiger partial charge in [-0.2, -0.15) is 0 Å². The van der Waals surface area contributed by atoms with Gasteiger partial charge in [0.15, 0.2) is 0 Å². The summed E-state index contributed by atoms with van der Waals surface area (Å²) in [6, 6.07) is 10.9. The first-order valence-corrected chi connectivity index (χ1v) is 15.7. The molecule has 4 N–H and O–H groups in total. The first kappa shape index (κ1) is 29.2. The molecule has 0 radical (unpaired) electrons. The van der Waals surface area contributed by atoms with E-state index in [4.69, 9.17) is 11.5 Å². The van der Waals surface area contributed by atoms with Gasteiger partial charge < -0.3 is 40.9 Å². The number of nitrogens with zero attached hydrogens (tertiary/aromatic N) is 8. The Kier molecular flexibility index (Phi) is 7.63. The van der Waals surface area contributed by atoms with Crippen LogP contribution in [0.2, 0.25) is 0 Å². The van der Waals surface area contributed by atoms with Crippen LogP contribution in [-0.2, 0) is 25.7 Å². The van der Waals surface area contributed by atoms with Gasteiger partial charge in [0.2, 0.25) is 0 Å². The second kappa shape index (κ2) is 11.8. The first-order chi connectivity index (χ1) is 21.6. The van der Waals surface area contributed by atoms with Crippen molar-refractivity contribution in [2.24, 2.45) is 11.5 Å². The summed E-state index contributed by atoms with van der Waals surface area (Å²) in [5.41, 5.74) is 22.5. The zero-order valence-corrected chi connectivity index (χ0v) is 25.2. The highest BCUT2D eigenvalue weighted by Gasteiger charge is 2.44. The SMILES string of the molecule is C.CN1C=CN2c3cnccc3CC12.NCCN1C=C2Cc3cccc4c3N2C1C4.NCCN1C=CN2c3cnccc3CC12. The van der Waals surface area contributed by atoms with Gasteiger partial charge in [0.1, 0.15) is 18.5 Å². The summed E-state index contributed by atoms with van der Waals surface area (Å²) in [6.45, 7) is 3.31. The predicted molar refractivity (Wildman–Crippen MR) is 181 cm³/mol. The fourth-order valence-electron chi connectivity index (χ4n) is 7.76. The first-order valence-electron chi connectivity index (χ1n) is 15.7. The summed E-state index contributed by atoms with van der Waals surface area (Å²) >= 11 is 0. The Hall–Kier alpha value is -4.54. The molecule has 10 nitrogen and oxygen atoms in total. The topological polar surface area (TPSA) is 97.3 Å². The van der Waals surface area contributed by atoms with Crippen molar-refractivity contribution < 1.29 is 0 Å². The molecule has 2 aromatic heterocycles. The molecule has 3 atom stereocenters. The number of para-hydroxylation sites is 1. The fourth-order valence-corrected chi connectivity index (χ4v) is 7.76. The van der Waals surface area contributed by atoms with Crippen molar-refractivity contribution in [1.29, 1.82) is 0 Å². The summed E-state index contributed by atoms with van der Waals surface area (Å²) in [7, 11) is 2.11. The monoisotopic (exact) mass is 604 g/mol. The van der Waals surface area contributed by atoms with Crippen LogP contribution in [0.25, 0.3) is 0 Å². The molecule has 10 heteroatoms. The molecule has 9 heterocycles. The van der Waals surface area contributed by atoms with Crippen LogP contribution in [0.15, 0.2) is 91.8 Å². The summed E-state index contributed by atoms with van der Waals surface area (Å²) in [6.07, 6.45) is 24.2. The second-order valence-corrected chi connectivity index (χ2v) is 12.3. The molecular weight excluding hydrogens is 560 g/mol. The molecule has 234 valence electrons. The number of allylic oxidation sites excluding steroid dienone is 1. The standard InChI is InChI=1S/C13H15N3.C11H14N4.C10H11N3.CH4/c14-4-5-15-8-11-6-9-2-1-3-10-7-12(15)16(11)13(9)10;12-2-4-14-5-6-15-10-8-13-3-1-9(10)7-11(14)15;1-12-4-5-13-9-7-11-3-2-8(9)6-10(12)13;/h1-3,8,12H,4-7,14H2;1,3,5-6,8,11H,2,4,7,12H2;2-5,7,10H,6H2,1H3;1H4. The highest BCUT2D eigenvalue weighted by atomic mass is 15.4. The number of aromatic nitrogens is 2. The Morgan fingerprint density at radius 2 is 1.33 bits per heavy atom. The zero-order valence-electron chi connectivity index (χ0n) is 25.2. The van der Waals surface area contributed by atoms with Crippen molar-refractivity contribution in [2.75, 3.05) is 47.9 Å². The van der Waals surface area contributed by atoms with Gasteiger partial charge in [0.05, 0.1) is 23.8 Å². The number of hydrogen-bond donors (Lipinski definition) is 2. The maximum Gasteiger partial charge on any atom is 0.110 e. The average Bonchev–Trinajstić information content (AvgIpc) is 3.88. The number of anilines is 3. The third kappa shape index (κ3) is 4.80. The minimum Gasteiger partial charge on any atom is -0.358 e. The van der Waals surface area contributed by atoms with E-state index in [1.807, 2.05) is 24.8 Å². The number of nitrogens with two attached hydrogens (primary N) is 2. The van der Waals surface area contributed by atoms with Crippen LogP contribution in [0.5, 0.6) is 0 Å². The molecule has 0 bridgehead atoms. The normalized spacial score (nSPS) is 22.7. The van der Waals surface area contributed by atoms with Crippen LogP contribution in [0.1, 0.15) is 29.7 Å². The molecular formula is C35H44N10. The zero-order chi connectivity index (χ0) is 29.8. The van der Waals surface area contributed by atoms with E-state index in [-0.39, 0.29) is 7.43 Å². The van der Waals surface area contributed by atoms with E-state index in [1.54, 1.807) is 0 Å². The van der Waals surface area contributed by atoms with Crippen LogP contribution in [0.3, 0.4) is 0 Å². The highest BCUT2D eigenvalue weighted by Crippen LogP contribution is 2.48. The fraction of sp³-hybridized carbons (Fsp3) is 0.371. The van der Waals surface area contributed by atoms with E-state index >= 15 is 0 Å². The van der Waals surface area contributed by atoms with Gasteiger partial charge >= 0.3 is 0 Å². The van der Waals surface area contributed by atoms with Gasteiger partial charge in [0.25, 0.3) is 0 Å². The number of benzene rings is 1. The van der Waals surface area contributed by atoms with E-state index in [1.165, 1.54) is 45.0 Å². The Morgan fingerprint density at radius 3 is 2.07 bits per heavy atom. The van der Waals surface area contributed by atoms with Crippen molar-refractivity contribution >= 4 is 17.1 Å². The van der Waals surface area contributed by atoms with E-state index in [0.29, 0.717) is 25.0 Å². The van der Waals surface area contributed by atoms with E-state index in [9.17, 15) is 0 Å². The molecule has 0 saturated heterocycles. The lowest BCUT2D eigenvalue weighted by molar-refractivity contribution is 0.315. The summed E-state index contributed by atoms with van der Waals surface area (Å²) in [5, 5.41) is 0. The van der Waals surface area contributed by atoms with Gasteiger partial charge in [-0.1, -0.05) is 25.6 Å². The minimum atomic E-state index is 0. The molecule has 0 amide bonds. The maximum absolute atomic E-state index is 5.67. The van der Waals surface area contributed by atoms with E-state index in [2.05, 4.69) is 108 Å². The number of fused-ring (bicyclic) bond motifs is 6. The lowest BCUT2D eigenvalue weighted by Gasteiger charge is -2.26. The van der Waals surface area contributed by atoms with Crippen molar-refractivity contribution in [3.8, 4) is 0 Å². The number of likely N-dealkylation sites (N-methyl/N-ethyl adjacent to an activating group) is 1. The molecule has 3 aromatic rings. The van der Waals surface area contributed by atoms with Crippen LogP contribution < -0.4 is 26.2 Å². The molecule has 0 spiro atoms.